The number of aliphatic hydroxyl groups is 1. The van der Waals surface area contributed by atoms with Gasteiger partial charge in [0.2, 0.25) is 5.88 Å². The number of ether oxygens (including phenoxy) is 2. The van der Waals surface area contributed by atoms with Crippen molar-refractivity contribution in [3.8, 4) is 23.0 Å². The van der Waals surface area contributed by atoms with Gasteiger partial charge in [0, 0.05) is 6.42 Å². The molecule has 0 bridgehead atoms. The Balaban J connectivity index is 2.69. The van der Waals surface area contributed by atoms with Crippen LogP contribution in [-0.2, 0) is 6.42 Å². The Labute approximate surface area is 139 Å². The Bertz CT molecular complexity index is 717. The summed E-state index contributed by atoms with van der Waals surface area (Å²) in [7, 11) is 2.90. The fourth-order valence-electron chi connectivity index (χ4n) is 2.18. The van der Waals surface area contributed by atoms with E-state index in [1.54, 1.807) is 19.9 Å². The van der Waals surface area contributed by atoms with E-state index in [1.807, 2.05) is 0 Å². The van der Waals surface area contributed by atoms with E-state index >= 15 is 0 Å². The second-order valence-electron chi connectivity index (χ2n) is 5.66. The normalized spacial score (nSPS) is 11.4. The van der Waals surface area contributed by atoms with Crippen molar-refractivity contribution in [3.05, 3.63) is 34.7 Å². The molecule has 1 aromatic carbocycles. The van der Waals surface area contributed by atoms with Gasteiger partial charge in [-0.1, -0.05) is 17.7 Å². The molecule has 0 saturated heterocycles. The maximum atomic E-state index is 13.4. The average Bonchev–Trinajstić information content (AvgIpc) is 2.47. The van der Waals surface area contributed by atoms with Crippen LogP contribution in [0.25, 0.3) is 11.1 Å². The smallest absolute Gasteiger partial charge is 0.319 e. The number of methoxy groups -OCH3 is 2. The molecule has 2 rings (SSSR count). The fraction of sp³-hybridized carbons (Fsp3) is 0.375. The number of hydrogen-bond acceptors (Lipinski definition) is 5. The van der Waals surface area contributed by atoms with Crippen molar-refractivity contribution in [2.45, 2.75) is 25.9 Å². The molecule has 0 spiro atoms. The highest BCUT2D eigenvalue weighted by Crippen LogP contribution is 2.36. The van der Waals surface area contributed by atoms with E-state index in [0.717, 1.165) is 0 Å². The third kappa shape index (κ3) is 4.09. The van der Waals surface area contributed by atoms with Gasteiger partial charge >= 0.3 is 6.01 Å². The monoisotopic (exact) mass is 340 g/mol. The van der Waals surface area contributed by atoms with Crippen LogP contribution in [0.3, 0.4) is 0 Å². The summed E-state index contributed by atoms with van der Waals surface area (Å²) in [6, 6.07) is 4.41. The standard InChI is InChI=1S/C16H18ClFN2O3/c1-16(2,21)8-12-13(9-5-6-11(18)10(17)7-9)14(22-3)20-15(19-12)23-4/h5-7,21H,8H2,1-4H3. The van der Waals surface area contributed by atoms with E-state index in [0.29, 0.717) is 16.8 Å². The zero-order valence-corrected chi connectivity index (χ0v) is 14.1. The van der Waals surface area contributed by atoms with Gasteiger partial charge in [-0.25, -0.2) is 4.39 Å². The molecule has 124 valence electrons. The fourth-order valence-corrected chi connectivity index (χ4v) is 2.36. The summed E-state index contributed by atoms with van der Waals surface area (Å²) in [6.07, 6.45) is 0.229. The third-order valence-electron chi connectivity index (χ3n) is 3.11. The van der Waals surface area contributed by atoms with Crippen LogP contribution in [0.2, 0.25) is 5.02 Å². The number of hydrogen-bond donors (Lipinski definition) is 1. The Morgan fingerprint density at radius 1 is 1.22 bits per heavy atom. The zero-order valence-electron chi connectivity index (χ0n) is 13.4. The SMILES string of the molecule is COc1nc(CC(C)(C)O)c(-c2ccc(F)c(Cl)c2)c(OC)n1. The summed E-state index contributed by atoms with van der Waals surface area (Å²) in [4.78, 5) is 8.46. The van der Waals surface area contributed by atoms with Crippen LogP contribution in [0.4, 0.5) is 4.39 Å². The van der Waals surface area contributed by atoms with Crippen molar-refractivity contribution in [2.75, 3.05) is 14.2 Å². The molecule has 0 fully saturated rings. The summed E-state index contributed by atoms with van der Waals surface area (Å²) >= 11 is 5.87. The van der Waals surface area contributed by atoms with Gasteiger partial charge < -0.3 is 14.6 Å². The van der Waals surface area contributed by atoms with Crippen LogP contribution in [0.5, 0.6) is 11.9 Å². The Hall–Kier alpha value is -1.92. The predicted octanol–water partition coefficient (Wildman–Crippen LogP) is 3.27. The second kappa shape index (κ2) is 6.68. The first kappa shape index (κ1) is 17.4. The summed E-state index contributed by atoms with van der Waals surface area (Å²) in [5, 5.41) is 10.1. The Morgan fingerprint density at radius 3 is 2.43 bits per heavy atom. The lowest BCUT2D eigenvalue weighted by molar-refractivity contribution is 0.0798. The van der Waals surface area contributed by atoms with Crippen LogP contribution in [0, 0.1) is 5.82 Å². The highest BCUT2D eigenvalue weighted by molar-refractivity contribution is 6.31. The minimum atomic E-state index is -1.01. The van der Waals surface area contributed by atoms with E-state index in [1.165, 1.54) is 26.4 Å². The topological polar surface area (TPSA) is 64.5 Å². The summed E-state index contributed by atoms with van der Waals surface area (Å²) < 4.78 is 23.8. The molecule has 0 unspecified atom stereocenters. The molecule has 5 nitrogen and oxygen atoms in total. The van der Waals surface area contributed by atoms with Crippen molar-refractivity contribution in [2.24, 2.45) is 0 Å². The number of halogens is 2. The van der Waals surface area contributed by atoms with E-state index in [4.69, 9.17) is 21.1 Å². The molecule has 0 aliphatic carbocycles. The molecule has 23 heavy (non-hydrogen) atoms. The molecular formula is C16H18ClFN2O3. The minimum Gasteiger partial charge on any atom is -0.480 e. The molecule has 0 atom stereocenters. The van der Waals surface area contributed by atoms with Gasteiger partial charge in [-0.2, -0.15) is 9.97 Å². The molecule has 2 aromatic rings. The first-order valence-electron chi connectivity index (χ1n) is 6.92. The van der Waals surface area contributed by atoms with Crippen molar-refractivity contribution in [1.82, 2.24) is 9.97 Å². The molecule has 1 N–H and O–H groups in total. The van der Waals surface area contributed by atoms with Crippen LogP contribution in [-0.4, -0.2) is 34.9 Å². The molecule has 0 radical (unpaired) electrons. The Morgan fingerprint density at radius 2 is 1.91 bits per heavy atom. The zero-order chi connectivity index (χ0) is 17.2. The van der Waals surface area contributed by atoms with Gasteiger partial charge in [-0.15, -0.1) is 0 Å². The molecule has 1 aromatic heterocycles. The lowest BCUT2D eigenvalue weighted by Crippen LogP contribution is -2.23. The molecule has 0 saturated carbocycles. The highest BCUT2D eigenvalue weighted by Gasteiger charge is 2.23. The lowest BCUT2D eigenvalue weighted by atomic mass is 9.96. The largest absolute Gasteiger partial charge is 0.480 e. The second-order valence-corrected chi connectivity index (χ2v) is 6.07. The van der Waals surface area contributed by atoms with Crippen molar-refractivity contribution < 1.29 is 19.0 Å². The van der Waals surface area contributed by atoms with E-state index in [-0.39, 0.29) is 23.3 Å². The molecule has 7 heteroatoms. The third-order valence-corrected chi connectivity index (χ3v) is 3.40. The summed E-state index contributed by atoms with van der Waals surface area (Å²) in [6.45, 7) is 3.32. The summed E-state index contributed by atoms with van der Waals surface area (Å²) in [5.41, 5.74) is 0.638. The van der Waals surface area contributed by atoms with Crippen molar-refractivity contribution in [1.29, 1.82) is 0 Å². The number of rotatable bonds is 5. The molecular weight excluding hydrogens is 323 g/mol. The van der Waals surface area contributed by atoms with E-state index in [9.17, 15) is 9.50 Å². The quantitative estimate of drug-likeness (QED) is 0.905. The summed E-state index contributed by atoms with van der Waals surface area (Å²) in [5.74, 6) is -0.258. The van der Waals surface area contributed by atoms with Crippen LogP contribution in [0.15, 0.2) is 18.2 Å². The van der Waals surface area contributed by atoms with Gasteiger partial charge in [0.25, 0.3) is 0 Å². The van der Waals surface area contributed by atoms with Crippen molar-refractivity contribution in [3.63, 3.8) is 0 Å². The molecule has 0 aliphatic heterocycles. The number of benzene rings is 1. The highest BCUT2D eigenvalue weighted by atomic mass is 35.5. The maximum Gasteiger partial charge on any atom is 0.319 e. The van der Waals surface area contributed by atoms with Gasteiger partial charge in [-0.05, 0) is 31.5 Å². The van der Waals surface area contributed by atoms with Gasteiger partial charge in [0.1, 0.15) is 5.82 Å². The minimum absolute atomic E-state index is 0.0189. The van der Waals surface area contributed by atoms with Gasteiger partial charge in [0.05, 0.1) is 36.1 Å². The van der Waals surface area contributed by atoms with Crippen molar-refractivity contribution >= 4 is 11.6 Å². The number of aromatic nitrogens is 2. The van der Waals surface area contributed by atoms with Gasteiger partial charge in [-0.3, -0.25) is 0 Å². The average molecular weight is 341 g/mol. The van der Waals surface area contributed by atoms with E-state index in [2.05, 4.69) is 9.97 Å². The first-order chi connectivity index (χ1) is 10.7. The van der Waals surface area contributed by atoms with E-state index < -0.39 is 11.4 Å². The van der Waals surface area contributed by atoms with Crippen LogP contribution >= 0.6 is 11.6 Å². The molecule has 1 heterocycles. The molecule has 0 amide bonds. The molecule has 0 aliphatic rings. The lowest BCUT2D eigenvalue weighted by Gasteiger charge is -2.20. The predicted molar refractivity (Wildman–Crippen MR) is 85.5 cm³/mol. The van der Waals surface area contributed by atoms with Crippen LogP contribution < -0.4 is 9.47 Å². The Kier molecular flexibility index (Phi) is 5.06. The number of nitrogens with zero attached hydrogens (tertiary/aromatic N) is 2. The first-order valence-corrected chi connectivity index (χ1v) is 7.29. The van der Waals surface area contributed by atoms with Crippen LogP contribution in [0.1, 0.15) is 19.5 Å². The van der Waals surface area contributed by atoms with Gasteiger partial charge in [0.15, 0.2) is 0 Å². The maximum absolute atomic E-state index is 13.4.